The number of hydrogen-bond acceptors (Lipinski definition) is 9. The van der Waals surface area contributed by atoms with Gasteiger partial charge in [0.15, 0.2) is 0 Å². The van der Waals surface area contributed by atoms with Crippen molar-refractivity contribution in [2.75, 3.05) is 73.0 Å². The number of carbonyl (C=O) groups is 6. The Hall–Kier alpha value is -4.86. The Kier molecular flexibility index (Phi) is 17.1. The minimum atomic E-state index is -1.24. The first-order valence-corrected chi connectivity index (χ1v) is 13.8. The van der Waals surface area contributed by atoms with E-state index in [1.165, 1.54) is 4.90 Å². The lowest BCUT2D eigenvalue weighted by Gasteiger charge is -2.27. The van der Waals surface area contributed by atoms with Crippen molar-refractivity contribution in [3.05, 3.63) is 71.8 Å². The lowest BCUT2D eigenvalue weighted by molar-refractivity contribution is -0.143. The third-order valence-corrected chi connectivity index (χ3v) is 6.21. The second-order valence-electron chi connectivity index (χ2n) is 10.2. The molecule has 45 heavy (non-hydrogen) atoms. The Balaban J connectivity index is 0.000000483. The number of hydrogen-bond donors (Lipinski definition) is 5. The Labute approximate surface area is 260 Å². The van der Waals surface area contributed by atoms with Gasteiger partial charge in [-0.05, 0) is 11.1 Å². The van der Waals surface area contributed by atoms with Crippen molar-refractivity contribution >= 4 is 35.8 Å². The zero-order valence-electron chi connectivity index (χ0n) is 25.2. The number of rotatable bonds is 19. The van der Waals surface area contributed by atoms with E-state index in [4.69, 9.17) is 25.5 Å². The molecule has 0 saturated heterocycles. The van der Waals surface area contributed by atoms with Gasteiger partial charge in [-0.1, -0.05) is 60.7 Å². The van der Waals surface area contributed by atoms with Crippen LogP contribution in [0.4, 0.5) is 0 Å². The number of aliphatic carboxylic acids is 5. The van der Waals surface area contributed by atoms with Gasteiger partial charge in [0, 0.05) is 40.3 Å². The monoisotopic (exact) mass is 632 g/mol. The maximum atomic E-state index is 12.4. The Bertz CT molecular complexity index is 1150. The fourth-order valence-electron chi connectivity index (χ4n) is 4.25. The summed E-state index contributed by atoms with van der Waals surface area (Å²) in [7, 11) is 3.59. The first kappa shape index (κ1) is 38.2. The van der Waals surface area contributed by atoms with Gasteiger partial charge in [0.05, 0.1) is 38.6 Å². The number of likely N-dealkylation sites (N-methyl/N-ethyl adjacent to an activating group) is 1. The highest BCUT2D eigenvalue weighted by atomic mass is 16.4. The van der Waals surface area contributed by atoms with E-state index < -0.39 is 62.6 Å². The molecule has 15 nitrogen and oxygen atoms in total. The number of carboxylic acids is 5. The van der Waals surface area contributed by atoms with E-state index >= 15 is 0 Å². The third kappa shape index (κ3) is 16.5. The average Bonchev–Trinajstić information content (AvgIpc) is 2.94. The van der Waals surface area contributed by atoms with Crippen LogP contribution in [0, 0.1) is 0 Å². The van der Waals surface area contributed by atoms with E-state index in [-0.39, 0.29) is 38.0 Å². The van der Waals surface area contributed by atoms with E-state index in [1.54, 1.807) is 19.0 Å². The second kappa shape index (κ2) is 20.2. The largest absolute Gasteiger partial charge is 0.480 e. The van der Waals surface area contributed by atoms with Crippen LogP contribution in [0.5, 0.6) is 0 Å². The standard InChI is InChI=1S/C16H17NO.C14H23N3O10/c1-17(2)16(18)15(13-9-5-3-6-10-13)14-11-7-4-8-12-14;18-10(19)5-15(1-3-16(6-11(20)21)7-12(22)23)2-4-17(8-13(24)25)9-14(26)27/h3-12,15H,1-2H3;1-9H2,(H,18,19)(H,20,21)(H,22,23)(H,24,25)(H,26,27). The summed E-state index contributed by atoms with van der Waals surface area (Å²) in [5.74, 6) is -6.27. The molecule has 0 aliphatic rings. The topological polar surface area (TPSA) is 217 Å². The predicted molar refractivity (Wildman–Crippen MR) is 161 cm³/mol. The molecule has 15 heteroatoms. The van der Waals surface area contributed by atoms with Crippen molar-refractivity contribution in [1.82, 2.24) is 19.6 Å². The van der Waals surface area contributed by atoms with E-state index in [9.17, 15) is 28.8 Å². The van der Waals surface area contributed by atoms with Gasteiger partial charge in [0.1, 0.15) is 0 Å². The van der Waals surface area contributed by atoms with Crippen LogP contribution in [0.3, 0.4) is 0 Å². The lowest BCUT2D eigenvalue weighted by Crippen LogP contribution is -2.45. The highest BCUT2D eigenvalue weighted by Gasteiger charge is 2.24. The SMILES string of the molecule is CN(C)C(=O)C(c1ccccc1)c1ccccc1.O=C(O)CN(CCN(CC(=O)O)CC(=O)O)CCN(CC(=O)O)CC(=O)O. The summed E-state index contributed by atoms with van der Waals surface area (Å²) in [6, 6.07) is 19.8. The Morgan fingerprint density at radius 2 is 0.756 bits per heavy atom. The van der Waals surface area contributed by atoms with E-state index in [0.717, 1.165) is 20.9 Å². The summed E-state index contributed by atoms with van der Waals surface area (Å²) in [5, 5.41) is 44.1. The van der Waals surface area contributed by atoms with Crippen LogP contribution < -0.4 is 0 Å². The van der Waals surface area contributed by atoms with Crippen LogP contribution in [0.1, 0.15) is 17.0 Å². The molecule has 0 fully saturated rings. The molecule has 0 aliphatic heterocycles. The predicted octanol–water partition coefficient (Wildman–Crippen LogP) is 0.222. The minimum absolute atomic E-state index is 0.000836. The van der Waals surface area contributed by atoms with Crippen molar-refractivity contribution < 1.29 is 54.3 Å². The van der Waals surface area contributed by atoms with E-state index in [0.29, 0.717) is 0 Å². The molecule has 0 saturated carbocycles. The van der Waals surface area contributed by atoms with Gasteiger partial charge in [-0.15, -0.1) is 0 Å². The quantitative estimate of drug-likeness (QED) is 0.140. The molecule has 0 bridgehead atoms. The van der Waals surface area contributed by atoms with Crippen LogP contribution in [0.15, 0.2) is 60.7 Å². The van der Waals surface area contributed by atoms with Crippen molar-refractivity contribution in [3.63, 3.8) is 0 Å². The summed E-state index contributed by atoms with van der Waals surface area (Å²) >= 11 is 0. The van der Waals surface area contributed by atoms with Crippen LogP contribution in [-0.2, 0) is 28.8 Å². The van der Waals surface area contributed by atoms with Crippen molar-refractivity contribution in [3.8, 4) is 0 Å². The minimum Gasteiger partial charge on any atom is -0.480 e. The molecule has 0 radical (unpaired) electrons. The molecule has 0 atom stereocenters. The van der Waals surface area contributed by atoms with Crippen molar-refractivity contribution in [2.45, 2.75) is 5.92 Å². The van der Waals surface area contributed by atoms with Gasteiger partial charge in [-0.3, -0.25) is 43.5 Å². The van der Waals surface area contributed by atoms with Gasteiger partial charge in [-0.2, -0.15) is 0 Å². The third-order valence-electron chi connectivity index (χ3n) is 6.21. The molecule has 246 valence electrons. The Morgan fingerprint density at radius 3 is 1.02 bits per heavy atom. The van der Waals surface area contributed by atoms with E-state index in [2.05, 4.69) is 0 Å². The molecule has 0 unspecified atom stereocenters. The van der Waals surface area contributed by atoms with E-state index in [1.807, 2.05) is 60.7 Å². The first-order chi connectivity index (χ1) is 21.2. The number of amides is 1. The highest BCUT2D eigenvalue weighted by molar-refractivity contribution is 5.86. The second-order valence-corrected chi connectivity index (χ2v) is 10.2. The number of carbonyl (C=O) groups excluding carboxylic acids is 1. The molecule has 0 heterocycles. The van der Waals surface area contributed by atoms with Gasteiger partial charge >= 0.3 is 29.8 Å². The fourth-order valence-corrected chi connectivity index (χ4v) is 4.25. The molecular formula is C30H40N4O11. The summed E-state index contributed by atoms with van der Waals surface area (Å²) in [5.41, 5.74) is 2.06. The summed E-state index contributed by atoms with van der Waals surface area (Å²) in [6.07, 6.45) is 0. The molecule has 0 spiro atoms. The molecular weight excluding hydrogens is 592 g/mol. The van der Waals surface area contributed by atoms with Gasteiger partial charge in [-0.25, -0.2) is 0 Å². The maximum Gasteiger partial charge on any atom is 0.317 e. The maximum absolute atomic E-state index is 12.4. The molecule has 2 aromatic rings. The number of carboxylic acid groups (broad SMARTS) is 5. The van der Waals surface area contributed by atoms with Crippen LogP contribution in [-0.4, -0.2) is 154 Å². The van der Waals surface area contributed by atoms with Gasteiger partial charge in [0.2, 0.25) is 5.91 Å². The zero-order chi connectivity index (χ0) is 33.9. The van der Waals surface area contributed by atoms with Crippen molar-refractivity contribution in [2.24, 2.45) is 0 Å². The van der Waals surface area contributed by atoms with Crippen molar-refractivity contribution in [1.29, 1.82) is 0 Å². The van der Waals surface area contributed by atoms with Gasteiger partial charge < -0.3 is 30.4 Å². The lowest BCUT2D eigenvalue weighted by atomic mass is 9.90. The molecule has 0 aromatic heterocycles. The molecule has 2 rings (SSSR count). The zero-order valence-corrected chi connectivity index (χ0v) is 25.2. The van der Waals surface area contributed by atoms with Crippen LogP contribution in [0.2, 0.25) is 0 Å². The van der Waals surface area contributed by atoms with Gasteiger partial charge in [0.25, 0.3) is 0 Å². The Morgan fingerprint density at radius 1 is 0.489 bits per heavy atom. The normalized spacial score (nSPS) is 10.8. The summed E-state index contributed by atoms with van der Waals surface area (Å²) in [6.45, 7) is -2.74. The molecule has 1 amide bonds. The van der Waals surface area contributed by atoms with Crippen LogP contribution >= 0.6 is 0 Å². The first-order valence-electron chi connectivity index (χ1n) is 13.8. The smallest absolute Gasteiger partial charge is 0.317 e. The molecule has 2 aromatic carbocycles. The fraction of sp³-hybridized carbons (Fsp3) is 0.400. The molecule has 5 N–H and O–H groups in total. The average molecular weight is 633 g/mol. The highest BCUT2D eigenvalue weighted by Crippen LogP contribution is 2.26. The number of nitrogens with zero attached hydrogens (tertiary/aromatic N) is 4. The molecule has 0 aliphatic carbocycles. The summed E-state index contributed by atoms with van der Waals surface area (Å²) in [4.78, 5) is 71.6. The summed E-state index contributed by atoms with van der Waals surface area (Å²) < 4.78 is 0. The van der Waals surface area contributed by atoms with Crippen LogP contribution in [0.25, 0.3) is 0 Å². The number of benzene rings is 2.